The number of halogens is 1. The van der Waals surface area contributed by atoms with Crippen molar-refractivity contribution in [3.63, 3.8) is 0 Å². The van der Waals surface area contributed by atoms with Gasteiger partial charge in [-0.25, -0.2) is 13.2 Å². The van der Waals surface area contributed by atoms with Gasteiger partial charge in [-0.15, -0.1) is 0 Å². The third-order valence-electron chi connectivity index (χ3n) is 2.87. The number of hydrogen-bond acceptors (Lipinski definition) is 4. The van der Waals surface area contributed by atoms with Crippen LogP contribution in [0.3, 0.4) is 0 Å². The number of aryl methyl sites for hydroxylation is 1. The van der Waals surface area contributed by atoms with Gasteiger partial charge in [0.1, 0.15) is 10.6 Å². The van der Waals surface area contributed by atoms with E-state index in [-0.39, 0.29) is 21.8 Å². The fourth-order valence-electron chi connectivity index (χ4n) is 2.00. The first-order valence-electron chi connectivity index (χ1n) is 5.79. The Hall–Kier alpha value is -1.87. The van der Waals surface area contributed by atoms with Crippen LogP contribution in [0.1, 0.15) is 21.7 Å². The molecule has 0 aliphatic heterocycles. The lowest BCUT2D eigenvalue weighted by molar-refractivity contribution is 0.0690. The molecule has 2 aromatic rings. The maximum Gasteiger partial charge on any atom is 0.352 e. The molecule has 0 aliphatic rings. The Balaban J connectivity index is 2.51. The highest BCUT2D eigenvalue weighted by Crippen LogP contribution is 2.28. The second kappa shape index (κ2) is 5.49. The van der Waals surface area contributed by atoms with E-state index in [9.17, 15) is 13.2 Å². The lowest BCUT2D eigenvalue weighted by Gasteiger charge is -2.10. The molecule has 0 spiro atoms. The van der Waals surface area contributed by atoms with E-state index in [4.69, 9.17) is 5.11 Å². The van der Waals surface area contributed by atoms with Crippen LogP contribution < -0.4 is 4.72 Å². The van der Waals surface area contributed by atoms with Gasteiger partial charge in [0.25, 0.3) is 10.0 Å². The van der Waals surface area contributed by atoms with Crippen LogP contribution in [-0.2, 0) is 10.0 Å². The summed E-state index contributed by atoms with van der Waals surface area (Å²) >= 11 is 3.20. The van der Waals surface area contributed by atoms with E-state index in [0.717, 1.165) is 0 Å². The molecule has 0 radical (unpaired) electrons. The van der Waals surface area contributed by atoms with E-state index in [1.165, 1.54) is 32.3 Å². The largest absolute Gasteiger partial charge is 0.477 e. The SMILES string of the molecule is Cc1[nH]c(C(=O)O)c(C)c1S(=O)(=O)Nc1ccncc1Br. The van der Waals surface area contributed by atoms with Gasteiger partial charge >= 0.3 is 5.97 Å². The van der Waals surface area contributed by atoms with Crippen LogP contribution in [0.4, 0.5) is 5.69 Å². The van der Waals surface area contributed by atoms with Crippen LogP contribution in [0.2, 0.25) is 0 Å². The van der Waals surface area contributed by atoms with Crippen LogP contribution in [0.15, 0.2) is 27.8 Å². The molecule has 2 heterocycles. The molecule has 0 fully saturated rings. The molecule has 0 aromatic carbocycles. The number of H-pyrrole nitrogens is 1. The Labute approximate surface area is 129 Å². The maximum absolute atomic E-state index is 12.5. The van der Waals surface area contributed by atoms with Gasteiger partial charge in [0.2, 0.25) is 0 Å². The summed E-state index contributed by atoms with van der Waals surface area (Å²) in [6, 6.07) is 1.50. The minimum absolute atomic E-state index is 0.0661. The molecule has 0 saturated carbocycles. The topological polar surface area (TPSA) is 112 Å². The number of rotatable bonds is 4. The first kappa shape index (κ1) is 15.5. The van der Waals surface area contributed by atoms with Gasteiger partial charge in [-0.1, -0.05) is 0 Å². The summed E-state index contributed by atoms with van der Waals surface area (Å²) in [5.74, 6) is -1.21. The molecule has 3 N–H and O–H groups in total. The summed E-state index contributed by atoms with van der Waals surface area (Å²) in [4.78, 5) is 17.4. The number of sulfonamides is 1. The molecule has 0 atom stereocenters. The first-order chi connectivity index (χ1) is 9.74. The number of nitrogens with zero attached hydrogens (tertiary/aromatic N) is 1. The number of carboxylic acids is 1. The Morgan fingerprint density at radius 3 is 2.62 bits per heavy atom. The number of aromatic nitrogens is 2. The third kappa shape index (κ3) is 2.93. The Bertz CT molecular complexity index is 814. The number of hydrogen-bond donors (Lipinski definition) is 3. The number of carbonyl (C=O) groups is 1. The Morgan fingerprint density at radius 2 is 2.10 bits per heavy atom. The number of anilines is 1. The smallest absolute Gasteiger partial charge is 0.352 e. The fourth-order valence-corrected chi connectivity index (χ4v) is 4.01. The second-order valence-electron chi connectivity index (χ2n) is 4.35. The van der Waals surface area contributed by atoms with Crippen molar-refractivity contribution in [3.8, 4) is 0 Å². The van der Waals surface area contributed by atoms with Crippen LogP contribution in [0.5, 0.6) is 0 Å². The van der Waals surface area contributed by atoms with Gasteiger partial charge in [-0.3, -0.25) is 9.71 Å². The molecule has 0 amide bonds. The molecular formula is C12H12BrN3O4S. The van der Waals surface area contributed by atoms with Crippen LogP contribution in [0, 0.1) is 13.8 Å². The van der Waals surface area contributed by atoms with Crippen molar-refractivity contribution in [2.24, 2.45) is 0 Å². The van der Waals surface area contributed by atoms with E-state index in [1.807, 2.05) is 0 Å². The molecule has 7 nitrogen and oxygen atoms in total. The molecule has 0 aliphatic carbocycles. The summed E-state index contributed by atoms with van der Waals surface area (Å²) < 4.78 is 27.8. The highest BCUT2D eigenvalue weighted by Gasteiger charge is 2.26. The predicted molar refractivity (Wildman–Crippen MR) is 80.0 cm³/mol. The Kier molecular flexibility index (Phi) is 4.06. The van der Waals surface area contributed by atoms with Crippen LogP contribution in [-0.4, -0.2) is 29.5 Å². The van der Waals surface area contributed by atoms with E-state index >= 15 is 0 Å². The number of pyridine rings is 1. The standard InChI is InChI=1S/C12H12BrN3O4S/c1-6-10(12(17)18)15-7(2)11(6)21(19,20)16-9-3-4-14-5-8(9)13/h3-5,15H,1-2H3,(H,14,16)(H,17,18). The lowest BCUT2D eigenvalue weighted by atomic mass is 10.2. The zero-order valence-corrected chi connectivity index (χ0v) is 13.5. The number of aromatic amines is 1. The van der Waals surface area contributed by atoms with Crippen LogP contribution in [0.25, 0.3) is 0 Å². The first-order valence-corrected chi connectivity index (χ1v) is 8.06. The van der Waals surface area contributed by atoms with Gasteiger partial charge in [0, 0.05) is 23.7 Å². The van der Waals surface area contributed by atoms with E-state index in [1.54, 1.807) is 0 Å². The second-order valence-corrected chi connectivity index (χ2v) is 6.82. The lowest BCUT2D eigenvalue weighted by Crippen LogP contribution is -2.15. The predicted octanol–water partition coefficient (Wildman–Crippen LogP) is 2.29. The van der Waals surface area contributed by atoms with Gasteiger partial charge in [-0.05, 0) is 35.8 Å². The molecular weight excluding hydrogens is 362 g/mol. The molecule has 21 heavy (non-hydrogen) atoms. The molecule has 112 valence electrons. The van der Waals surface area contributed by atoms with Crippen molar-refractivity contribution in [1.82, 2.24) is 9.97 Å². The molecule has 9 heteroatoms. The van der Waals surface area contributed by atoms with E-state index in [0.29, 0.717) is 10.2 Å². The number of carboxylic acid groups (broad SMARTS) is 1. The number of nitrogens with one attached hydrogen (secondary N) is 2. The zero-order valence-electron chi connectivity index (χ0n) is 11.1. The molecule has 2 aromatic heterocycles. The van der Waals surface area contributed by atoms with E-state index in [2.05, 4.69) is 30.6 Å². The minimum Gasteiger partial charge on any atom is -0.477 e. The van der Waals surface area contributed by atoms with E-state index < -0.39 is 16.0 Å². The monoisotopic (exact) mass is 373 g/mol. The van der Waals surface area contributed by atoms with Gasteiger partial charge < -0.3 is 10.1 Å². The summed E-state index contributed by atoms with van der Waals surface area (Å²) in [6.07, 6.45) is 2.90. The van der Waals surface area contributed by atoms with Crippen molar-refractivity contribution in [2.45, 2.75) is 18.7 Å². The van der Waals surface area contributed by atoms with Crippen molar-refractivity contribution in [1.29, 1.82) is 0 Å². The maximum atomic E-state index is 12.5. The van der Waals surface area contributed by atoms with Crippen LogP contribution >= 0.6 is 15.9 Å². The van der Waals surface area contributed by atoms with Crippen molar-refractivity contribution in [2.75, 3.05) is 4.72 Å². The summed E-state index contributed by atoms with van der Waals surface area (Å²) in [7, 11) is -3.91. The van der Waals surface area contributed by atoms with Crippen molar-refractivity contribution >= 4 is 37.6 Å². The highest BCUT2D eigenvalue weighted by atomic mass is 79.9. The fraction of sp³-hybridized carbons (Fsp3) is 0.167. The molecule has 0 unspecified atom stereocenters. The molecule has 0 bridgehead atoms. The number of aromatic carboxylic acids is 1. The quantitative estimate of drug-likeness (QED) is 0.760. The van der Waals surface area contributed by atoms with Crippen molar-refractivity contribution < 1.29 is 18.3 Å². The summed E-state index contributed by atoms with van der Waals surface area (Å²) in [5.41, 5.74) is 0.615. The molecule has 0 saturated heterocycles. The zero-order chi connectivity index (χ0) is 15.8. The van der Waals surface area contributed by atoms with Gasteiger partial charge in [0.15, 0.2) is 0 Å². The third-order valence-corrected chi connectivity index (χ3v) is 5.14. The average molecular weight is 374 g/mol. The van der Waals surface area contributed by atoms with Gasteiger partial charge in [-0.2, -0.15) is 0 Å². The van der Waals surface area contributed by atoms with Crippen molar-refractivity contribution in [3.05, 3.63) is 39.9 Å². The van der Waals surface area contributed by atoms with Gasteiger partial charge in [0.05, 0.1) is 10.2 Å². The highest BCUT2D eigenvalue weighted by molar-refractivity contribution is 9.10. The minimum atomic E-state index is -3.91. The normalized spacial score (nSPS) is 11.4. The summed E-state index contributed by atoms with van der Waals surface area (Å²) in [6.45, 7) is 2.96. The summed E-state index contributed by atoms with van der Waals surface area (Å²) in [5, 5.41) is 9.04. The average Bonchev–Trinajstić information content (AvgIpc) is 2.68. The molecule has 2 rings (SSSR count). The Morgan fingerprint density at radius 1 is 1.43 bits per heavy atom.